The molecule has 3 nitrogen and oxygen atoms in total. The Labute approximate surface area is 114 Å². The van der Waals surface area contributed by atoms with Crippen molar-refractivity contribution in [3.63, 3.8) is 0 Å². The Hall–Kier alpha value is -1.20. The maximum Gasteiger partial charge on any atom is 0.139 e. The first kappa shape index (κ1) is 13.2. The maximum absolute atomic E-state index is 13.4. The number of halogens is 2. The summed E-state index contributed by atoms with van der Waals surface area (Å²) in [5, 5.41) is 7.69. The lowest BCUT2D eigenvalue weighted by atomic mass is 10.3. The molecule has 5 heteroatoms. The zero-order valence-corrected chi connectivity index (χ0v) is 11.9. The predicted octanol–water partition coefficient (Wildman–Crippen LogP) is 3.27. The van der Waals surface area contributed by atoms with Gasteiger partial charge in [0.05, 0.1) is 15.9 Å². The van der Waals surface area contributed by atoms with Crippen LogP contribution in [0.2, 0.25) is 0 Å². The van der Waals surface area contributed by atoms with Crippen LogP contribution < -0.4 is 5.32 Å². The van der Waals surface area contributed by atoms with E-state index in [1.807, 2.05) is 18.3 Å². The van der Waals surface area contributed by atoms with Gasteiger partial charge < -0.3 is 5.32 Å². The molecule has 0 saturated carbocycles. The van der Waals surface area contributed by atoms with Crippen molar-refractivity contribution in [1.82, 2.24) is 15.1 Å². The second kappa shape index (κ2) is 5.63. The maximum atomic E-state index is 13.4. The summed E-state index contributed by atoms with van der Waals surface area (Å²) in [5.41, 5.74) is 1.65. The highest BCUT2D eigenvalue weighted by molar-refractivity contribution is 9.10. The van der Waals surface area contributed by atoms with Crippen LogP contribution in [0.3, 0.4) is 0 Å². The lowest BCUT2D eigenvalue weighted by molar-refractivity contribution is 0.577. The number of nitrogens with zero attached hydrogens (tertiary/aromatic N) is 2. The molecule has 0 amide bonds. The van der Waals surface area contributed by atoms with Crippen LogP contribution in [0, 0.1) is 5.82 Å². The molecule has 0 bridgehead atoms. The minimum atomic E-state index is -0.287. The molecule has 2 aromatic rings. The van der Waals surface area contributed by atoms with Gasteiger partial charge in [0, 0.05) is 24.8 Å². The smallest absolute Gasteiger partial charge is 0.139 e. The zero-order valence-electron chi connectivity index (χ0n) is 10.3. The minimum Gasteiger partial charge on any atom is -0.309 e. The highest BCUT2D eigenvalue weighted by Crippen LogP contribution is 2.18. The Morgan fingerprint density at radius 1 is 1.39 bits per heavy atom. The molecule has 1 aromatic heterocycles. The molecule has 0 spiro atoms. The van der Waals surface area contributed by atoms with E-state index in [1.165, 1.54) is 6.07 Å². The fraction of sp³-hybridized carbons (Fsp3) is 0.308. The van der Waals surface area contributed by atoms with E-state index < -0.39 is 0 Å². The van der Waals surface area contributed by atoms with Gasteiger partial charge >= 0.3 is 0 Å². The number of hydrogen-bond acceptors (Lipinski definition) is 2. The molecule has 0 aliphatic carbocycles. The average Bonchev–Trinajstić information content (AvgIpc) is 2.79. The van der Waals surface area contributed by atoms with Crippen LogP contribution in [-0.2, 0) is 6.54 Å². The summed E-state index contributed by atoms with van der Waals surface area (Å²) in [5.74, 6) is -0.287. The third-order valence-electron chi connectivity index (χ3n) is 2.50. The third-order valence-corrected chi connectivity index (χ3v) is 3.15. The Kier molecular flexibility index (Phi) is 4.14. The lowest BCUT2D eigenvalue weighted by Crippen LogP contribution is -2.22. The van der Waals surface area contributed by atoms with Gasteiger partial charge in [-0.25, -0.2) is 9.07 Å². The first-order valence-corrected chi connectivity index (χ1v) is 6.59. The van der Waals surface area contributed by atoms with Gasteiger partial charge in [0.2, 0.25) is 0 Å². The molecule has 0 aliphatic heterocycles. The number of benzene rings is 1. The lowest BCUT2D eigenvalue weighted by Gasteiger charge is -2.05. The fourth-order valence-corrected chi connectivity index (χ4v) is 1.78. The molecular weight excluding hydrogens is 297 g/mol. The van der Waals surface area contributed by atoms with Crippen LogP contribution in [0.5, 0.6) is 0 Å². The topological polar surface area (TPSA) is 29.9 Å². The molecule has 0 radical (unpaired) electrons. The molecule has 1 aromatic carbocycles. The normalized spacial score (nSPS) is 11.2. The quantitative estimate of drug-likeness (QED) is 0.939. The summed E-state index contributed by atoms with van der Waals surface area (Å²) in [7, 11) is 0. The third kappa shape index (κ3) is 3.17. The second-order valence-electron chi connectivity index (χ2n) is 4.39. The molecule has 2 rings (SSSR count). The number of rotatable bonds is 4. The summed E-state index contributed by atoms with van der Waals surface area (Å²) in [4.78, 5) is 0. The zero-order chi connectivity index (χ0) is 13.1. The summed E-state index contributed by atoms with van der Waals surface area (Å²) in [6.07, 6.45) is 1.83. The van der Waals surface area contributed by atoms with Gasteiger partial charge in [0.25, 0.3) is 0 Å². The summed E-state index contributed by atoms with van der Waals surface area (Å²) < 4.78 is 15.6. The van der Waals surface area contributed by atoms with Crippen LogP contribution in [0.4, 0.5) is 4.39 Å². The molecular formula is C13H15BrFN3. The molecule has 0 unspecified atom stereocenters. The van der Waals surface area contributed by atoms with E-state index in [1.54, 1.807) is 10.7 Å². The van der Waals surface area contributed by atoms with E-state index in [0.29, 0.717) is 22.7 Å². The molecule has 0 atom stereocenters. The van der Waals surface area contributed by atoms with Crippen molar-refractivity contribution in [2.75, 3.05) is 0 Å². The molecule has 1 heterocycles. The van der Waals surface area contributed by atoms with Gasteiger partial charge in [-0.3, -0.25) is 0 Å². The first-order valence-electron chi connectivity index (χ1n) is 5.79. The van der Waals surface area contributed by atoms with E-state index in [9.17, 15) is 4.39 Å². The van der Waals surface area contributed by atoms with E-state index in [-0.39, 0.29) is 5.82 Å². The van der Waals surface area contributed by atoms with Crippen LogP contribution in [0.15, 0.2) is 34.9 Å². The van der Waals surface area contributed by atoms with Crippen LogP contribution >= 0.6 is 15.9 Å². The van der Waals surface area contributed by atoms with E-state index in [4.69, 9.17) is 0 Å². The molecule has 0 fully saturated rings. The van der Waals surface area contributed by atoms with Gasteiger partial charge in [0.1, 0.15) is 5.82 Å². The van der Waals surface area contributed by atoms with Crippen molar-refractivity contribution < 1.29 is 4.39 Å². The van der Waals surface area contributed by atoms with Gasteiger partial charge in [-0.1, -0.05) is 13.8 Å². The largest absolute Gasteiger partial charge is 0.309 e. The average molecular weight is 312 g/mol. The Morgan fingerprint density at radius 3 is 2.83 bits per heavy atom. The van der Waals surface area contributed by atoms with E-state index in [0.717, 1.165) is 5.69 Å². The van der Waals surface area contributed by atoms with Gasteiger partial charge in [0.15, 0.2) is 0 Å². The van der Waals surface area contributed by atoms with Crippen molar-refractivity contribution in [3.8, 4) is 5.69 Å². The van der Waals surface area contributed by atoms with Crippen LogP contribution in [0.25, 0.3) is 5.69 Å². The fourth-order valence-electron chi connectivity index (χ4n) is 1.54. The van der Waals surface area contributed by atoms with Gasteiger partial charge in [-0.2, -0.15) is 5.10 Å². The van der Waals surface area contributed by atoms with Gasteiger partial charge in [-0.05, 0) is 34.1 Å². The SMILES string of the molecule is CC(C)NCc1ccn(-c2ccc(Br)c(F)c2)n1. The molecule has 1 N–H and O–H groups in total. The van der Waals surface area contributed by atoms with Crippen molar-refractivity contribution >= 4 is 15.9 Å². The highest BCUT2D eigenvalue weighted by Gasteiger charge is 2.05. The molecule has 18 heavy (non-hydrogen) atoms. The van der Waals surface area contributed by atoms with Crippen LogP contribution in [0.1, 0.15) is 19.5 Å². The highest BCUT2D eigenvalue weighted by atomic mass is 79.9. The molecule has 0 saturated heterocycles. The summed E-state index contributed by atoms with van der Waals surface area (Å²) in [6, 6.07) is 7.30. The van der Waals surface area contributed by atoms with Crippen molar-refractivity contribution in [3.05, 3.63) is 46.4 Å². The molecule has 96 valence electrons. The standard InChI is InChI=1S/C13H15BrFN3/c1-9(2)16-8-10-5-6-18(17-10)11-3-4-12(14)13(15)7-11/h3-7,9,16H,8H2,1-2H3. The number of hydrogen-bond donors (Lipinski definition) is 1. The minimum absolute atomic E-state index is 0.287. The van der Waals surface area contributed by atoms with E-state index >= 15 is 0 Å². The summed E-state index contributed by atoms with van der Waals surface area (Å²) >= 11 is 3.13. The first-order chi connectivity index (χ1) is 8.56. The monoisotopic (exact) mass is 311 g/mol. The van der Waals surface area contributed by atoms with E-state index in [2.05, 4.69) is 40.2 Å². The van der Waals surface area contributed by atoms with Crippen LogP contribution in [-0.4, -0.2) is 15.8 Å². The molecule has 0 aliphatic rings. The summed E-state index contributed by atoms with van der Waals surface area (Å²) in [6.45, 7) is 4.88. The van der Waals surface area contributed by atoms with Crippen molar-refractivity contribution in [2.24, 2.45) is 0 Å². The Balaban J connectivity index is 2.16. The van der Waals surface area contributed by atoms with Crippen molar-refractivity contribution in [1.29, 1.82) is 0 Å². The number of aromatic nitrogens is 2. The van der Waals surface area contributed by atoms with Crippen molar-refractivity contribution in [2.45, 2.75) is 26.4 Å². The Bertz CT molecular complexity index is 537. The predicted molar refractivity (Wildman–Crippen MR) is 73.2 cm³/mol. The second-order valence-corrected chi connectivity index (χ2v) is 5.24. The number of nitrogens with one attached hydrogen (secondary N) is 1. The Morgan fingerprint density at radius 2 is 2.17 bits per heavy atom. The van der Waals surface area contributed by atoms with Gasteiger partial charge in [-0.15, -0.1) is 0 Å².